The number of nitrogens with one attached hydrogen (secondary N) is 2. The molecule has 2 N–H and O–H groups in total. The molecular formula is C23H37IN4O2. The van der Waals surface area contributed by atoms with Gasteiger partial charge in [-0.25, -0.2) is 0 Å². The summed E-state index contributed by atoms with van der Waals surface area (Å²) in [5.41, 5.74) is 1.22. The van der Waals surface area contributed by atoms with Gasteiger partial charge in [0.1, 0.15) is 0 Å². The first-order chi connectivity index (χ1) is 14.3. The lowest BCUT2D eigenvalue weighted by Gasteiger charge is -2.23. The van der Waals surface area contributed by atoms with Gasteiger partial charge in [0.15, 0.2) is 5.96 Å². The van der Waals surface area contributed by atoms with Gasteiger partial charge in [-0.05, 0) is 24.8 Å². The molecule has 1 aliphatic heterocycles. The molecule has 1 aromatic carbocycles. The van der Waals surface area contributed by atoms with Crippen LogP contribution in [0.2, 0.25) is 0 Å². The van der Waals surface area contributed by atoms with Crippen LogP contribution in [0.1, 0.15) is 44.1 Å². The second-order valence-electron chi connectivity index (χ2n) is 8.20. The Morgan fingerprint density at radius 3 is 2.57 bits per heavy atom. The summed E-state index contributed by atoms with van der Waals surface area (Å²) in [7, 11) is 1.82. The number of hydrogen-bond donors (Lipinski definition) is 2. The first-order valence-electron chi connectivity index (χ1n) is 11.1. The van der Waals surface area contributed by atoms with Gasteiger partial charge >= 0.3 is 0 Å². The van der Waals surface area contributed by atoms with Crippen LogP contribution >= 0.6 is 24.0 Å². The van der Waals surface area contributed by atoms with E-state index < -0.39 is 0 Å². The van der Waals surface area contributed by atoms with E-state index in [1.54, 1.807) is 0 Å². The number of carbonyl (C=O) groups excluding carboxylic acids is 1. The number of ether oxygens (including phenoxy) is 1. The molecule has 1 amide bonds. The van der Waals surface area contributed by atoms with Gasteiger partial charge < -0.3 is 20.3 Å². The normalized spacial score (nSPS) is 20.0. The number of hydrogen-bond acceptors (Lipinski definition) is 3. The zero-order chi connectivity index (χ0) is 20.3. The summed E-state index contributed by atoms with van der Waals surface area (Å²) in [6.07, 6.45) is 6.86. The van der Waals surface area contributed by atoms with Crippen LogP contribution in [0.4, 0.5) is 0 Å². The fourth-order valence-corrected chi connectivity index (χ4v) is 4.28. The van der Waals surface area contributed by atoms with Gasteiger partial charge in [-0.2, -0.15) is 0 Å². The molecule has 1 saturated carbocycles. The van der Waals surface area contributed by atoms with E-state index in [0.29, 0.717) is 25.6 Å². The predicted octanol–water partition coefficient (Wildman–Crippen LogP) is 3.42. The van der Waals surface area contributed by atoms with E-state index in [1.807, 2.05) is 25.2 Å². The fourth-order valence-electron chi connectivity index (χ4n) is 4.28. The molecule has 2 aliphatic rings. The molecule has 1 atom stereocenters. The van der Waals surface area contributed by atoms with Crippen molar-refractivity contribution in [1.82, 2.24) is 15.5 Å². The Bertz CT molecular complexity index is 650. The lowest BCUT2D eigenvalue weighted by Crippen LogP contribution is -2.44. The van der Waals surface area contributed by atoms with Crippen molar-refractivity contribution < 1.29 is 9.53 Å². The highest BCUT2D eigenvalue weighted by atomic mass is 127. The van der Waals surface area contributed by atoms with Crippen LogP contribution in [0.25, 0.3) is 0 Å². The molecule has 0 bridgehead atoms. The Labute approximate surface area is 198 Å². The van der Waals surface area contributed by atoms with Crippen molar-refractivity contribution in [3.63, 3.8) is 0 Å². The van der Waals surface area contributed by atoms with E-state index in [9.17, 15) is 4.79 Å². The number of aliphatic imine (C=N–C) groups is 1. The third kappa shape index (κ3) is 8.06. The number of likely N-dealkylation sites (tertiary alicyclic amines) is 1. The van der Waals surface area contributed by atoms with Gasteiger partial charge in [0.2, 0.25) is 5.91 Å². The minimum Gasteiger partial charge on any atom is -0.376 e. The van der Waals surface area contributed by atoms with Gasteiger partial charge in [0.25, 0.3) is 0 Å². The molecule has 3 rings (SSSR count). The first-order valence-corrected chi connectivity index (χ1v) is 11.1. The molecule has 1 aliphatic carbocycles. The second kappa shape index (κ2) is 13.9. The molecule has 0 aromatic heterocycles. The van der Waals surface area contributed by atoms with Gasteiger partial charge in [0.05, 0.1) is 13.2 Å². The van der Waals surface area contributed by atoms with Crippen LogP contribution < -0.4 is 10.6 Å². The average molecular weight is 528 g/mol. The van der Waals surface area contributed by atoms with Crippen molar-refractivity contribution in [2.45, 2.75) is 45.1 Å². The third-order valence-corrected chi connectivity index (χ3v) is 5.95. The van der Waals surface area contributed by atoms with E-state index in [0.717, 1.165) is 44.9 Å². The minimum absolute atomic E-state index is 0. The molecule has 6 nitrogen and oxygen atoms in total. The van der Waals surface area contributed by atoms with Crippen LogP contribution in [0.5, 0.6) is 0 Å². The van der Waals surface area contributed by atoms with Crippen LogP contribution in [-0.2, 0) is 16.1 Å². The molecule has 2 fully saturated rings. The summed E-state index contributed by atoms with van der Waals surface area (Å²) < 4.78 is 5.91. The van der Waals surface area contributed by atoms with Crippen LogP contribution in [0.15, 0.2) is 35.3 Å². The van der Waals surface area contributed by atoms with Gasteiger partial charge in [0, 0.05) is 45.1 Å². The maximum Gasteiger partial charge on any atom is 0.223 e. The molecule has 1 heterocycles. The average Bonchev–Trinajstić information content (AvgIpc) is 3.23. The van der Waals surface area contributed by atoms with Crippen LogP contribution in [0.3, 0.4) is 0 Å². The Morgan fingerprint density at radius 1 is 1.10 bits per heavy atom. The van der Waals surface area contributed by atoms with Gasteiger partial charge in [-0.1, -0.05) is 49.6 Å². The fraction of sp³-hybridized carbons (Fsp3) is 0.652. The first kappa shape index (κ1) is 24.9. The zero-order valence-electron chi connectivity index (χ0n) is 18.1. The number of rotatable bonds is 8. The minimum atomic E-state index is 0. The summed E-state index contributed by atoms with van der Waals surface area (Å²) in [6.45, 7) is 4.75. The molecule has 1 saturated heterocycles. The Balaban J connectivity index is 0.00000320. The van der Waals surface area contributed by atoms with Gasteiger partial charge in [-0.15, -0.1) is 24.0 Å². The Hall–Kier alpha value is -1.35. The van der Waals surface area contributed by atoms with Crippen LogP contribution in [-0.4, -0.2) is 56.6 Å². The van der Waals surface area contributed by atoms with E-state index in [2.05, 4.69) is 32.7 Å². The number of amides is 1. The van der Waals surface area contributed by atoms with Crippen molar-refractivity contribution in [3.8, 4) is 0 Å². The lowest BCUT2D eigenvalue weighted by molar-refractivity contribution is -0.125. The number of guanidine groups is 1. The summed E-state index contributed by atoms with van der Waals surface area (Å²) in [5, 5.41) is 6.47. The summed E-state index contributed by atoms with van der Waals surface area (Å²) >= 11 is 0. The van der Waals surface area contributed by atoms with E-state index in [1.165, 1.54) is 24.8 Å². The quantitative estimate of drug-likeness (QED) is 0.235. The molecule has 168 valence electrons. The standard InChI is InChI=1S/C23H36N4O2.HI/c1-24-23(26-14-13-25-22(28)21-10-6-3-7-11-21)27-15-12-20(16-27)18-29-17-19-8-4-2-5-9-19;/h2,4-5,8-9,20-21H,3,6-7,10-18H2,1H3,(H,24,26)(H,25,28);1H. The maximum absolute atomic E-state index is 12.2. The van der Waals surface area contributed by atoms with Crippen molar-refractivity contribution in [3.05, 3.63) is 35.9 Å². The zero-order valence-corrected chi connectivity index (χ0v) is 20.5. The molecule has 0 spiro atoms. The molecular weight excluding hydrogens is 491 g/mol. The third-order valence-electron chi connectivity index (χ3n) is 5.95. The highest BCUT2D eigenvalue weighted by molar-refractivity contribution is 14.0. The second-order valence-corrected chi connectivity index (χ2v) is 8.20. The molecule has 1 aromatic rings. The van der Waals surface area contributed by atoms with E-state index in [4.69, 9.17) is 4.74 Å². The summed E-state index contributed by atoms with van der Waals surface area (Å²) in [5.74, 6) is 1.89. The van der Waals surface area contributed by atoms with E-state index in [-0.39, 0.29) is 35.8 Å². The highest BCUT2D eigenvalue weighted by Crippen LogP contribution is 2.23. The number of nitrogens with zero attached hydrogens (tertiary/aromatic N) is 2. The lowest BCUT2D eigenvalue weighted by atomic mass is 9.89. The summed E-state index contributed by atoms with van der Waals surface area (Å²) in [4.78, 5) is 18.9. The molecule has 7 heteroatoms. The number of carbonyl (C=O) groups is 1. The molecule has 30 heavy (non-hydrogen) atoms. The molecule has 1 unspecified atom stereocenters. The van der Waals surface area contributed by atoms with Gasteiger partial charge in [-0.3, -0.25) is 9.79 Å². The van der Waals surface area contributed by atoms with Crippen molar-refractivity contribution in [2.75, 3.05) is 39.8 Å². The SMILES string of the molecule is CN=C(NCCNC(=O)C1CCCCC1)N1CCC(COCc2ccccc2)C1.I. The largest absolute Gasteiger partial charge is 0.376 e. The van der Waals surface area contributed by atoms with Crippen LogP contribution in [0, 0.1) is 11.8 Å². The number of benzene rings is 1. The van der Waals surface area contributed by atoms with E-state index >= 15 is 0 Å². The Kier molecular flexibility index (Phi) is 11.5. The Morgan fingerprint density at radius 2 is 1.83 bits per heavy atom. The van der Waals surface area contributed by atoms with Crippen molar-refractivity contribution in [2.24, 2.45) is 16.8 Å². The topological polar surface area (TPSA) is 66.0 Å². The maximum atomic E-state index is 12.2. The summed E-state index contributed by atoms with van der Waals surface area (Å²) in [6, 6.07) is 10.3. The monoisotopic (exact) mass is 528 g/mol. The number of halogens is 1. The van der Waals surface area contributed by atoms with Crippen molar-refractivity contribution >= 4 is 35.8 Å². The highest BCUT2D eigenvalue weighted by Gasteiger charge is 2.25. The molecule has 0 radical (unpaired) electrons. The van der Waals surface area contributed by atoms with Crippen molar-refractivity contribution in [1.29, 1.82) is 0 Å². The predicted molar refractivity (Wildman–Crippen MR) is 132 cm³/mol. The smallest absolute Gasteiger partial charge is 0.223 e.